The fourth-order valence-corrected chi connectivity index (χ4v) is 2.98. The Labute approximate surface area is 135 Å². The van der Waals surface area contributed by atoms with Gasteiger partial charge in [0.15, 0.2) is 0 Å². The molecule has 0 aromatic carbocycles. The summed E-state index contributed by atoms with van der Waals surface area (Å²) in [4.78, 5) is 13.0. The van der Waals surface area contributed by atoms with Gasteiger partial charge in [-0.25, -0.2) is 9.18 Å². The molecule has 0 aliphatic rings. The largest absolute Gasteiger partial charge is 0.478 e. The van der Waals surface area contributed by atoms with Crippen molar-refractivity contribution in [1.29, 1.82) is 0 Å². The van der Waals surface area contributed by atoms with Crippen LogP contribution in [0.5, 0.6) is 0 Å². The number of carboxylic acids is 1. The molecule has 118 valence electrons. The summed E-state index contributed by atoms with van der Waals surface area (Å²) in [6, 6.07) is 0. The zero-order valence-corrected chi connectivity index (χ0v) is 14.3. The van der Waals surface area contributed by atoms with E-state index in [1.165, 1.54) is 27.5 Å². The summed E-state index contributed by atoms with van der Waals surface area (Å²) in [6.45, 7) is 9.50. The molecule has 0 unspecified atom stereocenters. The second kappa shape index (κ2) is 7.90. The standard InChI is InChI=1S/C18H21FO2S/c1-11(10-18(20)21)6-9-17(19)12(2)7-8-16-13(3)14(4)22-15(16)5/h6-10H,1-5H3,(H,20,21)/b8-7+,9-6?,11-10?,17-12?. The van der Waals surface area contributed by atoms with E-state index in [-0.39, 0.29) is 5.83 Å². The zero-order valence-electron chi connectivity index (χ0n) is 13.5. The summed E-state index contributed by atoms with van der Waals surface area (Å²) in [5.74, 6) is -1.42. The van der Waals surface area contributed by atoms with Gasteiger partial charge in [-0.15, -0.1) is 11.3 Å². The first-order valence-electron chi connectivity index (χ1n) is 6.92. The fraction of sp³-hybridized carbons (Fsp3) is 0.278. The number of allylic oxidation sites excluding steroid dienone is 6. The highest BCUT2D eigenvalue weighted by Crippen LogP contribution is 2.28. The van der Waals surface area contributed by atoms with Gasteiger partial charge >= 0.3 is 5.97 Å². The Bertz CT molecular complexity index is 688. The van der Waals surface area contributed by atoms with Gasteiger partial charge < -0.3 is 5.11 Å². The third kappa shape index (κ3) is 5.11. The molecule has 0 saturated carbocycles. The van der Waals surface area contributed by atoms with Gasteiger partial charge in [0.25, 0.3) is 0 Å². The minimum atomic E-state index is -1.04. The van der Waals surface area contributed by atoms with Crippen molar-refractivity contribution in [3.05, 3.63) is 62.2 Å². The molecule has 0 atom stereocenters. The van der Waals surface area contributed by atoms with E-state index < -0.39 is 5.97 Å². The summed E-state index contributed by atoms with van der Waals surface area (Å²) in [5.41, 5.74) is 3.35. The minimum Gasteiger partial charge on any atom is -0.478 e. The molecule has 0 fully saturated rings. The first kappa shape index (κ1) is 18.1. The summed E-state index contributed by atoms with van der Waals surface area (Å²) in [5, 5.41) is 8.60. The first-order chi connectivity index (χ1) is 10.2. The van der Waals surface area contributed by atoms with E-state index in [2.05, 4.69) is 20.8 Å². The van der Waals surface area contributed by atoms with E-state index in [0.717, 1.165) is 11.6 Å². The number of hydrogen-bond donors (Lipinski definition) is 1. The average Bonchev–Trinajstić information content (AvgIpc) is 2.66. The highest BCUT2D eigenvalue weighted by molar-refractivity contribution is 7.12. The molecule has 1 heterocycles. The third-order valence-electron chi connectivity index (χ3n) is 3.34. The number of halogens is 1. The molecular weight excluding hydrogens is 299 g/mol. The Morgan fingerprint density at radius 2 is 1.73 bits per heavy atom. The lowest BCUT2D eigenvalue weighted by molar-refractivity contribution is -0.131. The number of carboxylic acid groups (broad SMARTS) is 1. The van der Waals surface area contributed by atoms with Crippen molar-refractivity contribution >= 4 is 23.4 Å². The molecule has 1 rings (SSSR count). The van der Waals surface area contributed by atoms with Crippen LogP contribution in [0.15, 0.2) is 41.3 Å². The Hall–Kier alpha value is -1.94. The maximum Gasteiger partial charge on any atom is 0.328 e. The monoisotopic (exact) mass is 320 g/mol. The Morgan fingerprint density at radius 1 is 1.09 bits per heavy atom. The molecule has 22 heavy (non-hydrogen) atoms. The van der Waals surface area contributed by atoms with Gasteiger partial charge in [-0.05, 0) is 63.0 Å². The van der Waals surface area contributed by atoms with Crippen LogP contribution >= 0.6 is 11.3 Å². The van der Waals surface area contributed by atoms with E-state index in [1.54, 1.807) is 31.3 Å². The number of rotatable bonds is 5. The van der Waals surface area contributed by atoms with Gasteiger partial charge in [-0.1, -0.05) is 18.2 Å². The van der Waals surface area contributed by atoms with Crippen molar-refractivity contribution in [2.24, 2.45) is 0 Å². The second-order valence-corrected chi connectivity index (χ2v) is 6.61. The smallest absolute Gasteiger partial charge is 0.328 e. The molecule has 1 N–H and O–H groups in total. The maximum atomic E-state index is 14.0. The molecule has 4 heteroatoms. The Morgan fingerprint density at radius 3 is 2.23 bits per heavy atom. The molecule has 0 radical (unpaired) electrons. The topological polar surface area (TPSA) is 37.3 Å². The van der Waals surface area contributed by atoms with Gasteiger partial charge in [0.2, 0.25) is 0 Å². The predicted octanol–water partition coefficient (Wildman–Crippen LogP) is 5.52. The van der Waals surface area contributed by atoms with Crippen LogP contribution in [0.2, 0.25) is 0 Å². The normalized spacial score (nSPS) is 14.0. The van der Waals surface area contributed by atoms with Gasteiger partial charge in [0.1, 0.15) is 5.83 Å². The van der Waals surface area contributed by atoms with Crippen molar-refractivity contribution in [2.45, 2.75) is 34.6 Å². The zero-order chi connectivity index (χ0) is 16.9. The Balaban J connectivity index is 2.94. The molecule has 0 saturated heterocycles. The molecule has 1 aromatic rings. The number of aryl methyl sites for hydroxylation is 2. The molecule has 2 nitrogen and oxygen atoms in total. The quantitative estimate of drug-likeness (QED) is 0.573. The van der Waals surface area contributed by atoms with Crippen molar-refractivity contribution in [2.75, 3.05) is 0 Å². The van der Waals surface area contributed by atoms with Crippen LogP contribution in [0.3, 0.4) is 0 Å². The van der Waals surface area contributed by atoms with Gasteiger partial charge in [-0.2, -0.15) is 0 Å². The van der Waals surface area contributed by atoms with Crippen LogP contribution in [0, 0.1) is 20.8 Å². The lowest BCUT2D eigenvalue weighted by Crippen LogP contribution is -1.88. The minimum absolute atomic E-state index is 0.378. The SMILES string of the molecule is CC(C=CC(F)=C(C)/C=C/c1c(C)sc(C)c1C)=CC(=O)O. The van der Waals surface area contributed by atoms with Crippen LogP contribution in [-0.4, -0.2) is 11.1 Å². The van der Waals surface area contributed by atoms with Crippen LogP contribution < -0.4 is 0 Å². The summed E-state index contributed by atoms with van der Waals surface area (Å²) >= 11 is 1.74. The number of thiophene rings is 1. The van der Waals surface area contributed by atoms with Crippen LogP contribution in [-0.2, 0) is 4.79 Å². The Kier molecular flexibility index (Phi) is 6.50. The molecule has 0 bridgehead atoms. The van der Waals surface area contributed by atoms with Crippen LogP contribution in [0.25, 0.3) is 6.08 Å². The predicted molar refractivity (Wildman–Crippen MR) is 91.9 cm³/mol. The average molecular weight is 320 g/mol. The highest BCUT2D eigenvalue weighted by Gasteiger charge is 2.06. The number of carbonyl (C=O) groups is 1. The summed E-state index contributed by atoms with van der Waals surface area (Å²) < 4.78 is 14.0. The van der Waals surface area contributed by atoms with Crippen molar-refractivity contribution < 1.29 is 14.3 Å². The van der Waals surface area contributed by atoms with Crippen molar-refractivity contribution in [3.8, 4) is 0 Å². The van der Waals surface area contributed by atoms with E-state index in [4.69, 9.17) is 5.11 Å². The van der Waals surface area contributed by atoms with E-state index in [9.17, 15) is 9.18 Å². The first-order valence-corrected chi connectivity index (χ1v) is 7.74. The van der Waals surface area contributed by atoms with E-state index >= 15 is 0 Å². The number of hydrogen-bond acceptors (Lipinski definition) is 2. The third-order valence-corrected chi connectivity index (χ3v) is 4.48. The van der Waals surface area contributed by atoms with Crippen molar-refractivity contribution in [3.63, 3.8) is 0 Å². The highest BCUT2D eigenvalue weighted by atomic mass is 32.1. The lowest BCUT2D eigenvalue weighted by Gasteiger charge is -1.97. The molecule has 1 aromatic heterocycles. The molecule has 0 amide bonds. The van der Waals surface area contributed by atoms with E-state index in [0.29, 0.717) is 11.1 Å². The molecule has 0 aliphatic carbocycles. The molecule has 0 aliphatic heterocycles. The van der Waals surface area contributed by atoms with Gasteiger partial charge in [0.05, 0.1) is 0 Å². The van der Waals surface area contributed by atoms with E-state index in [1.807, 2.05) is 6.08 Å². The fourth-order valence-electron chi connectivity index (χ4n) is 1.92. The summed E-state index contributed by atoms with van der Waals surface area (Å²) in [6.07, 6.45) is 7.45. The summed E-state index contributed by atoms with van der Waals surface area (Å²) in [7, 11) is 0. The van der Waals surface area contributed by atoms with Crippen LogP contribution in [0.1, 0.15) is 34.7 Å². The lowest BCUT2D eigenvalue weighted by atomic mass is 10.1. The van der Waals surface area contributed by atoms with Crippen molar-refractivity contribution in [1.82, 2.24) is 0 Å². The van der Waals surface area contributed by atoms with Gasteiger partial charge in [-0.3, -0.25) is 0 Å². The van der Waals surface area contributed by atoms with Gasteiger partial charge in [0, 0.05) is 15.8 Å². The van der Waals surface area contributed by atoms with Crippen LogP contribution in [0.4, 0.5) is 4.39 Å². The second-order valence-electron chi connectivity index (χ2n) is 5.18. The maximum absolute atomic E-state index is 14.0. The molecule has 0 spiro atoms. The number of aliphatic carboxylic acids is 1. The molecular formula is C18H21FO2S.